The van der Waals surface area contributed by atoms with E-state index in [2.05, 4.69) is 0 Å². The lowest BCUT2D eigenvalue weighted by Gasteiger charge is -2.35. The van der Waals surface area contributed by atoms with Crippen molar-refractivity contribution in [2.45, 2.75) is 45.6 Å². The molecular formula is C18H28N2O3S. The van der Waals surface area contributed by atoms with Crippen molar-refractivity contribution >= 4 is 23.3 Å². The highest BCUT2D eigenvalue weighted by Gasteiger charge is 2.28. The van der Waals surface area contributed by atoms with Crippen LogP contribution < -0.4 is 0 Å². The molecule has 1 aromatic heterocycles. The Morgan fingerprint density at radius 1 is 1.42 bits per heavy atom. The van der Waals surface area contributed by atoms with Crippen molar-refractivity contribution in [3.8, 4) is 0 Å². The van der Waals surface area contributed by atoms with Gasteiger partial charge in [0.1, 0.15) is 5.60 Å². The molecule has 134 valence electrons. The van der Waals surface area contributed by atoms with Crippen molar-refractivity contribution in [3.05, 3.63) is 22.4 Å². The van der Waals surface area contributed by atoms with Gasteiger partial charge in [-0.2, -0.15) is 11.3 Å². The zero-order chi connectivity index (χ0) is 17.7. The third kappa shape index (κ3) is 5.82. The second-order valence-electron chi connectivity index (χ2n) is 7.52. The summed E-state index contributed by atoms with van der Waals surface area (Å²) >= 11 is 1.61. The quantitative estimate of drug-likeness (QED) is 0.834. The molecule has 1 aliphatic heterocycles. The highest BCUT2D eigenvalue weighted by atomic mass is 32.1. The normalized spacial score (nSPS) is 18.3. The first-order valence-corrected chi connectivity index (χ1v) is 9.42. The summed E-state index contributed by atoms with van der Waals surface area (Å²) in [6.07, 6.45) is 2.19. The average Bonchev–Trinajstić information content (AvgIpc) is 2.98. The monoisotopic (exact) mass is 352 g/mol. The molecule has 1 aromatic rings. The number of carbonyl (C=O) groups excluding carboxylic acids is 2. The van der Waals surface area contributed by atoms with Crippen molar-refractivity contribution in [2.75, 3.05) is 26.7 Å². The minimum absolute atomic E-state index is 0.128. The maximum atomic E-state index is 12.3. The molecule has 2 rings (SSSR count). The van der Waals surface area contributed by atoms with Crippen molar-refractivity contribution < 1.29 is 14.3 Å². The Morgan fingerprint density at radius 3 is 2.79 bits per heavy atom. The molecule has 0 unspecified atom stereocenters. The van der Waals surface area contributed by atoms with E-state index in [0.29, 0.717) is 25.4 Å². The number of nitrogens with zero attached hydrogens (tertiary/aromatic N) is 2. The van der Waals surface area contributed by atoms with Crippen LogP contribution in [0, 0.1) is 5.92 Å². The number of amides is 2. The zero-order valence-corrected chi connectivity index (χ0v) is 15.9. The van der Waals surface area contributed by atoms with E-state index in [-0.39, 0.29) is 12.0 Å². The minimum atomic E-state index is -0.475. The average molecular weight is 353 g/mol. The topological polar surface area (TPSA) is 49.9 Å². The second kappa shape index (κ2) is 8.01. The number of thiophene rings is 1. The molecule has 0 N–H and O–H groups in total. The first kappa shape index (κ1) is 18.8. The SMILES string of the molecule is CN(C[C@H]1CCCN(C(=O)OC(C)(C)C)C1)C(=O)Cc1ccsc1. The van der Waals surface area contributed by atoms with Gasteiger partial charge in [-0.1, -0.05) is 0 Å². The molecule has 0 spiro atoms. The van der Waals surface area contributed by atoms with Crippen LogP contribution in [0.15, 0.2) is 16.8 Å². The highest BCUT2D eigenvalue weighted by Crippen LogP contribution is 2.20. The van der Waals surface area contributed by atoms with Crippen LogP contribution in [0.3, 0.4) is 0 Å². The van der Waals surface area contributed by atoms with Gasteiger partial charge >= 0.3 is 6.09 Å². The second-order valence-corrected chi connectivity index (χ2v) is 8.30. The fourth-order valence-electron chi connectivity index (χ4n) is 2.90. The molecule has 0 saturated carbocycles. The molecule has 6 heteroatoms. The molecule has 1 atom stereocenters. The van der Waals surface area contributed by atoms with Crippen molar-refractivity contribution in [3.63, 3.8) is 0 Å². The molecule has 0 aliphatic carbocycles. The Balaban J connectivity index is 1.83. The van der Waals surface area contributed by atoms with Crippen molar-refractivity contribution in [2.24, 2.45) is 5.92 Å². The van der Waals surface area contributed by atoms with Crippen LogP contribution in [0.2, 0.25) is 0 Å². The van der Waals surface area contributed by atoms with E-state index in [0.717, 1.165) is 24.9 Å². The van der Waals surface area contributed by atoms with Crippen LogP contribution in [0.25, 0.3) is 0 Å². The summed E-state index contributed by atoms with van der Waals surface area (Å²) in [7, 11) is 1.85. The first-order valence-electron chi connectivity index (χ1n) is 8.47. The molecule has 2 heterocycles. The largest absolute Gasteiger partial charge is 0.444 e. The predicted molar refractivity (Wildman–Crippen MR) is 96.2 cm³/mol. The van der Waals surface area contributed by atoms with E-state index in [4.69, 9.17) is 4.74 Å². The molecular weight excluding hydrogens is 324 g/mol. The number of hydrogen-bond acceptors (Lipinski definition) is 4. The van der Waals surface area contributed by atoms with Crippen LogP contribution in [-0.2, 0) is 16.0 Å². The first-order chi connectivity index (χ1) is 11.2. The van der Waals surface area contributed by atoms with Gasteiger partial charge in [0.25, 0.3) is 0 Å². The number of rotatable bonds is 4. The lowest BCUT2D eigenvalue weighted by atomic mass is 9.97. The third-order valence-corrected chi connectivity index (χ3v) is 4.80. The number of hydrogen-bond donors (Lipinski definition) is 0. The summed E-state index contributed by atoms with van der Waals surface area (Å²) in [5.41, 5.74) is 0.591. The number of piperidine rings is 1. The number of likely N-dealkylation sites (tertiary alicyclic amines) is 1. The van der Waals surface area contributed by atoms with Gasteiger partial charge in [0.2, 0.25) is 5.91 Å². The molecule has 0 aromatic carbocycles. The summed E-state index contributed by atoms with van der Waals surface area (Å²) in [6, 6.07) is 1.99. The molecule has 1 aliphatic rings. The number of likely N-dealkylation sites (N-methyl/N-ethyl adjacent to an activating group) is 1. The molecule has 1 fully saturated rings. The van der Waals surface area contributed by atoms with E-state index < -0.39 is 5.60 Å². The smallest absolute Gasteiger partial charge is 0.410 e. The van der Waals surface area contributed by atoms with Crippen LogP contribution in [-0.4, -0.2) is 54.1 Å². The Bertz CT molecular complexity index is 551. The third-order valence-electron chi connectivity index (χ3n) is 4.06. The van der Waals surface area contributed by atoms with E-state index in [1.807, 2.05) is 44.6 Å². The summed E-state index contributed by atoms with van der Waals surface area (Å²) in [4.78, 5) is 28.1. The Labute approximate surface area is 148 Å². The summed E-state index contributed by atoms with van der Waals surface area (Å²) in [5.74, 6) is 0.436. The predicted octanol–water partition coefficient (Wildman–Crippen LogP) is 3.40. The van der Waals surface area contributed by atoms with Gasteiger partial charge in [-0.3, -0.25) is 4.79 Å². The highest BCUT2D eigenvalue weighted by molar-refractivity contribution is 7.07. The van der Waals surface area contributed by atoms with Crippen LogP contribution in [0.5, 0.6) is 0 Å². The van der Waals surface area contributed by atoms with Crippen LogP contribution in [0.1, 0.15) is 39.2 Å². The fourth-order valence-corrected chi connectivity index (χ4v) is 3.57. The zero-order valence-electron chi connectivity index (χ0n) is 15.1. The van der Waals surface area contributed by atoms with Gasteiger partial charge in [-0.05, 0) is 61.9 Å². The van der Waals surface area contributed by atoms with Gasteiger partial charge in [0.15, 0.2) is 0 Å². The molecule has 1 saturated heterocycles. The van der Waals surface area contributed by atoms with Gasteiger partial charge in [0.05, 0.1) is 6.42 Å². The van der Waals surface area contributed by atoms with E-state index in [9.17, 15) is 9.59 Å². The Hall–Kier alpha value is -1.56. The Kier molecular flexibility index (Phi) is 6.27. The number of carbonyl (C=O) groups is 2. The van der Waals surface area contributed by atoms with E-state index >= 15 is 0 Å². The van der Waals surface area contributed by atoms with Gasteiger partial charge in [-0.15, -0.1) is 0 Å². The molecule has 5 nitrogen and oxygen atoms in total. The fraction of sp³-hybridized carbons (Fsp3) is 0.667. The van der Waals surface area contributed by atoms with E-state index in [1.165, 1.54) is 0 Å². The number of ether oxygens (including phenoxy) is 1. The van der Waals surface area contributed by atoms with Gasteiger partial charge in [-0.25, -0.2) is 4.79 Å². The summed E-state index contributed by atoms with van der Waals surface area (Å²) < 4.78 is 5.46. The standard InChI is InChI=1S/C18H28N2O3S/c1-18(2,3)23-17(22)20-8-5-6-15(12-20)11-19(4)16(21)10-14-7-9-24-13-14/h7,9,13,15H,5-6,8,10-12H2,1-4H3/t15-/m1/s1. The van der Waals surface area contributed by atoms with Gasteiger partial charge < -0.3 is 14.5 Å². The molecule has 0 bridgehead atoms. The van der Waals surface area contributed by atoms with Crippen LogP contribution >= 0.6 is 11.3 Å². The van der Waals surface area contributed by atoms with Gasteiger partial charge in [0, 0.05) is 26.7 Å². The summed E-state index contributed by atoms with van der Waals surface area (Å²) in [6.45, 7) is 7.71. The molecule has 2 amide bonds. The maximum absolute atomic E-state index is 12.3. The summed E-state index contributed by atoms with van der Waals surface area (Å²) in [5, 5.41) is 4.00. The Morgan fingerprint density at radius 2 is 2.17 bits per heavy atom. The van der Waals surface area contributed by atoms with Crippen molar-refractivity contribution in [1.82, 2.24) is 9.80 Å². The lowest BCUT2D eigenvalue weighted by Crippen LogP contribution is -2.46. The maximum Gasteiger partial charge on any atom is 0.410 e. The molecule has 0 radical (unpaired) electrons. The molecule has 24 heavy (non-hydrogen) atoms. The minimum Gasteiger partial charge on any atom is -0.444 e. The van der Waals surface area contributed by atoms with Crippen LogP contribution in [0.4, 0.5) is 4.79 Å². The van der Waals surface area contributed by atoms with Crippen molar-refractivity contribution in [1.29, 1.82) is 0 Å². The lowest BCUT2D eigenvalue weighted by molar-refractivity contribution is -0.129. The van der Waals surface area contributed by atoms with E-state index in [1.54, 1.807) is 21.1 Å².